The van der Waals surface area contributed by atoms with E-state index in [1.54, 1.807) is 0 Å². The van der Waals surface area contributed by atoms with Crippen LogP contribution in [0.15, 0.2) is 0 Å². The summed E-state index contributed by atoms with van der Waals surface area (Å²) in [4.78, 5) is 10.2. The van der Waals surface area contributed by atoms with Gasteiger partial charge in [-0.05, 0) is 6.42 Å². The van der Waals surface area contributed by atoms with Gasteiger partial charge in [-0.2, -0.15) is 0 Å². The third kappa shape index (κ3) is 4.09. The van der Waals surface area contributed by atoms with Gasteiger partial charge in [-0.15, -0.1) is 11.6 Å². The topological polar surface area (TPSA) is 52.3 Å². The summed E-state index contributed by atoms with van der Waals surface area (Å²) in [5.74, 6) is 0.469. The molecule has 1 atom stereocenters. The van der Waals surface area contributed by atoms with Gasteiger partial charge >= 0.3 is 6.09 Å². The average molecular weight is 180 g/mol. The molecular formula is C7H14ClNO2. The second-order valence-corrected chi connectivity index (χ2v) is 3.17. The highest BCUT2D eigenvalue weighted by Gasteiger charge is 2.22. The molecule has 0 saturated carbocycles. The number of primary amides is 1. The Morgan fingerprint density at radius 3 is 2.55 bits per heavy atom. The maximum Gasteiger partial charge on any atom is 0.404 e. The van der Waals surface area contributed by atoms with Gasteiger partial charge in [0.05, 0.1) is 6.61 Å². The normalized spacial score (nSPS) is 15.5. The van der Waals surface area contributed by atoms with Gasteiger partial charge in [-0.3, -0.25) is 0 Å². The molecule has 1 amide bonds. The van der Waals surface area contributed by atoms with Crippen LogP contribution in [-0.4, -0.2) is 18.6 Å². The number of amides is 1. The second kappa shape index (κ2) is 4.44. The molecule has 3 nitrogen and oxygen atoms in total. The van der Waals surface area contributed by atoms with Gasteiger partial charge in [-0.25, -0.2) is 4.79 Å². The van der Waals surface area contributed by atoms with Gasteiger partial charge < -0.3 is 10.5 Å². The van der Waals surface area contributed by atoms with Crippen molar-refractivity contribution in [2.24, 2.45) is 11.1 Å². The SMILES string of the molecule is CCC(C)(CCl)COC(N)=O. The summed E-state index contributed by atoms with van der Waals surface area (Å²) in [5, 5.41) is 0. The monoisotopic (exact) mass is 179 g/mol. The van der Waals surface area contributed by atoms with Crippen LogP contribution >= 0.6 is 11.6 Å². The van der Waals surface area contributed by atoms with Crippen LogP contribution in [0.1, 0.15) is 20.3 Å². The lowest BCUT2D eigenvalue weighted by Crippen LogP contribution is -2.28. The molecule has 0 aliphatic carbocycles. The van der Waals surface area contributed by atoms with Gasteiger partial charge in [0.1, 0.15) is 0 Å². The molecule has 66 valence electrons. The number of carbonyl (C=O) groups is 1. The van der Waals surface area contributed by atoms with E-state index in [1.165, 1.54) is 0 Å². The Morgan fingerprint density at radius 2 is 2.27 bits per heavy atom. The van der Waals surface area contributed by atoms with Crippen molar-refractivity contribution in [3.8, 4) is 0 Å². The Morgan fingerprint density at radius 1 is 1.73 bits per heavy atom. The second-order valence-electron chi connectivity index (χ2n) is 2.91. The Kier molecular flexibility index (Phi) is 4.26. The van der Waals surface area contributed by atoms with Gasteiger partial charge in [0.15, 0.2) is 0 Å². The first kappa shape index (κ1) is 10.6. The molecule has 4 heteroatoms. The largest absolute Gasteiger partial charge is 0.449 e. The van der Waals surface area contributed by atoms with E-state index in [2.05, 4.69) is 4.74 Å². The first-order valence-electron chi connectivity index (χ1n) is 3.52. The van der Waals surface area contributed by atoms with Crippen molar-refractivity contribution in [1.82, 2.24) is 0 Å². The van der Waals surface area contributed by atoms with E-state index in [9.17, 15) is 4.79 Å². The lowest BCUT2D eigenvalue weighted by atomic mass is 9.91. The first-order chi connectivity index (χ1) is 5.04. The van der Waals surface area contributed by atoms with Crippen LogP contribution in [0.5, 0.6) is 0 Å². The van der Waals surface area contributed by atoms with E-state index >= 15 is 0 Å². The molecule has 0 fully saturated rings. The van der Waals surface area contributed by atoms with Gasteiger partial charge in [0, 0.05) is 11.3 Å². The number of hydrogen-bond acceptors (Lipinski definition) is 2. The Labute approximate surface area is 71.8 Å². The van der Waals surface area contributed by atoms with Crippen LogP contribution < -0.4 is 5.73 Å². The summed E-state index contributed by atoms with van der Waals surface area (Å²) >= 11 is 5.66. The zero-order valence-electron chi connectivity index (χ0n) is 6.89. The van der Waals surface area contributed by atoms with Crippen molar-refractivity contribution in [3.05, 3.63) is 0 Å². The number of hydrogen-bond donors (Lipinski definition) is 1. The van der Waals surface area contributed by atoms with Gasteiger partial charge in [-0.1, -0.05) is 13.8 Å². The third-order valence-corrected chi connectivity index (χ3v) is 2.38. The van der Waals surface area contributed by atoms with Crippen molar-refractivity contribution in [2.75, 3.05) is 12.5 Å². The fourth-order valence-corrected chi connectivity index (χ4v) is 0.747. The molecule has 2 N–H and O–H groups in total. The lowest BCUT2D eigenvalue weighted by Gasteiger charge is -2.23. The molecule has 0 aliphatic heterocycles. The quantitative estimate of drug-likeness (QED) is 0.669. The van der Waals surface area contributed by atoms with Crippen molar-refractivity contribution < 1.29 is 9.53 Å². The van der Waals surface area contributed by atoms with Gasteiger partial charge in [0.2, 0.25) is 0 Å². The number of ether oxygens (including phenoxy) is 1. The molecule has 11 heavy (non-hydrogen) atoms. The molecule has 0 rings (SSSR count). The smallest absolute Gasteiger partial charge is 0.404 e. The molecule has 0 spiro atoms. The average Bonchev–Trinajstić information content (AvgIpc) is 2.00. The molecule has 0 heterocycles. The van der Waals surface area contributed by atoms with Crippen LogP contribution in [-0.2, 0) is 4.74 Å². The predicted molar refractivity (Wildman–Crippen MR) is 44.7 cm³/mol. The van der Waals surface area contributed by atoms with E-state index < -0.39 is 6.09 Å². The number of halogens is 1. The van der Waals surface area contributed by atoms with E-state index in [-0.39, 0.29) is 5.41 Å². The Bertz CT molecular complexity index is 134. The maximum atomic E-state index is 10.2. The van der Waals surface area contributed by atoms with Crippen molar-refractivity contribution in [2.45, 2.75) is 20.3 Å². The first-order valence-corrected chi connectivity index (χ1v) is 4.06. The zero-order valence-corrected chi connectivity index (χ0v) is 7.65. The maximum absolute atomic E-state index is 10.2. The van der Waals surface area contributed by atoms with Gasteiger partial charge in [0.25, 0.3) is 0 Å². The molecule has 0 radical (unpaired) electrons. The summed E-state index contributed by atoms with van der Waals surface area (Å²) < 4.78 is 4.64. The molecule has 0 aromatic heterocycles. The Balaban J connectivity index is 3.78. The summed E-state index contributed by atoms with van der Waals surface area (Å²) in [5.41, 5.74) is 4.66. The number of nitrogens with two attached hydrogens (primary N) is 1. The molecule has 0 aromatic carbocycles. The predicted octanol–water partition coefficient (Wildman–Crippen LogP) is 1.74. The molecule has 0 saturated heterocycles. The summed E-state index contributed by atoms with van der Waals surface area (Å²) in [7, 11) is 0. The number of rotatable bonds is 4. The van der Waals surface area contributed by atoms with Crippen LogP contribution in [0.2, 0.25) is 0 Å². The van der Waals surface area contributed by atoms with Crippen molar-refractivity contribution in [3.63, 3.8) is 0 Å². The van der Waals surface area contributed by atoms with E-state index in [1.807, 2.05) is 13.8 Å². The van der Waals surface area contributed by atoms with E-state index in [0.29, 0.717) is 12.5 Å². The van der Waals surface area contributed by atoms with Crippen molar-refractivity contribution in [1.29, 1.82) is 0 Å². The molecule has 0 aromatic rings. The minimum atomic E-state index is -0.741. The van der Waals surface area contributed by atoms with Crippen LogP contribution in [0.4, 0.5) is 4.79 Å². The molecule has 0 aliphatic rings. The molecular weight excluding hydrogens is 166 g/mol. The van der Waals surface area contributed by atoms with Crippen LogP contribution in [0, 0.1) is 5.41 Å². The minimum absolute atomic E-state index is 0.142. The molecule has 1 unspecified atom stereocenters. The fraction of sp³-hybridized carbons (Fsp3) is 0.857. The van der Waals surface area contributed by atoms with Crippen LogP contribution in [0.25, 0.3) is 0 Å². The summed E-state index contributed by atoms with van der Waals surface area (Å²) in [6.45, 7) is 4.23. The highest BCUT2D eigenvalue weighted by Crippen LogP contribution is 2.22. The van der Waals surface area contributed by atoms with Crippen LogP contribution in [0.3, 0.4) is 0 Å². The summed E-state index contributed by atoms with van der Waals surface area (Å²) in [6.07, 6.45) is 0.124. The zero-order chi connectivity index (χ0) is 8.91. The third-order valence-electron chi connectivity index (χ3n) is 1.74. The summed E-state index contributed by atoms with van der Waals surface area (Å²) in [6, 6.07) is 0. The standard InChI is InChI=1S/C7H14ClNO2/c1-3-7(2,4-8)5-11-6(9)10/h3-5H2,1-2H3,(H2,9,10). The van der Waals surface area contributed by atoms with Crippen molar-refractivity contribution >= 4 is 17.7 Å². The lowest BCUT2D eigenvalue weighted by molar-refractivity contribution is 0.106. The van der Waals surface area contributed by atoms with E-state index in [4.69, 9.17) is 17.3 Å². The number of alkyl halides is 1. The number of carbonyl (C=O) groups excluding carboxylic acids is 1. The Hall–Kier alpha value is -0.440. The highest BCUT2D eigenvalue weighted by molar-refractivity contribution is 6.18. The fourth-order valence-electron chi connectivity index (χ4n) is 0.480. The highest BCUT2D eigenvalue weighted by atomic mass is 35.5. The molecule has 0 bridgehead atoms. The van der Waals surface area contributed by atoms with E-state index in [0.717, 1.165) is 6.42 Å². The minimum Gasteiger partial charge on any atom is -0.449 e.